The van der Waals surface area contributed by atoms with Gasteiger partial charge in [0.1, 0.15) is 5.75 Å². The lowest BCUT2D eigenvalue weighted by molar-refractivity contribution is 0.413. The summed E-state index contributed by atoms with van der Waals surface area (Å²) in [4.78, 5) is 0.192. The lowest BCUT2D eigenvalue weighted by Gasteiger charge is -2.12. The summed E-state index contributed by atoms with van der Waals surface area (Å²) in [5.41, 5.74) is 2.37. The Bertz CT molecular complexity index is 1180. The fourth-order valence-electron chi connectivity index (χ4n) is 3.02. The molecule has 3 aromatic carbocycles. The van der Waals surface area contributed by atoms with Crippen molar-refractivity contribution in [2.75, 3.05) is 7.11 Å². The van der Waals surface area contributed by atoms with Gasteiger partial charge in [-0.2, -0.15) is 0 Å². The molecule has 1 aromatic heterocycles. The summed E-state index contributed by atoms with van der Waals surface area (Å²) < 4.78 is 33.2. The SMILES string of the molecule is COc1cc(-c2ccccc2)cc(S(=O)(=O)n2ccc3ccccc32)c1. The van der Waals surface area contributed by atoms with Crippen LogP contribution in [-0.4, -0.2) is 19.5 Å². The van der Waals surface area contributed by atoms with Gasteiger partial charge in [-0.05, 0) is 35.4 Å². The maximum atomic E-state index is 13.3. The van der Waals surface area contributed by atoms with Gasteiger partial charge in [-0.15, -0.1) is 0 Å². The van der Waals surface area contributed by atoms with Gasteiger partial charge in [0.2, 0.25) is 0 Å². The maximum Gasteiger partial charge on any atom is 0.268 e. The third kappa shape index (κ3) is 2.76. The predicted octanol–water partition coefficient (Wildman–Crippen LogP) is 4.55. The van der Waals surface area contributed by atoms with E-state index in [9.17, 15) is 8.42 Å². The summed E-state index contributed by atoms with van der Waals surface area (Å²) in [6, 6.07) is 23.9. The van der Waals surface area contributed by atoms with Crippen LogP contribution in [0, 0.1) is 0 Å². The van der Waals surface area contributed by atoms with Crippen molar-refractivity contribution < 1.29 is 13.2 Å². The van der Waals surface area contributed by atoms with E-state index >= 15 is 0 Å². The molecular formula is C21H17NO3S. The van der Waals surface area contributed by atoms with E-state index in [1.54, 1.807) is 30.5 Å². The topological polar surface area (TPSA) is 48.3 Å². The minimum absolute atomic E-state index is 0.192. The molecule has 1 heterocycles. The highest BCUT2D eigenvalue weighted by molar-refractivity contribution is 7.90. The monoisotopic (exact) mass is 363 g/mol. The van der Waals surface area contributed by atoms with E-state index in [1.807, 2.05) is 54.6 Å². The first-order valence-corrected chi connectivity index (χ1v) is 9.60. The molecule has 26 heavy (non-hydrogen) atoms. The number of hydrogen-bond donors (Lipinski definition) is 0. The van der Waals surface area contributed by atoms with Crippen LogP contribution in [-0.2, 0) is 10.0 Å². The molecule has 0 N–H and O–H groups in total. The molecule has 130 valence electrons. The molecule has 0 radical (unpaired) electrons. The van der Waals surface area contributed by atoms with Gasteiger partial charge >= 0.3 is 0 Å². The minimum Gasteiger partial charge on any atom is -0.497 e. The summed E-state index contributed by atoms with van der Waals surface area (Å²) in [5, 5.41) is 0.877. The molecule has 0 bridgehead atoms. The molecule has 4 nitrogen and oxygen atoms in total. The van der Waals surface area contributed by atoms with Crippen LogP contribution in [0.4, 0.5) is 0 Å². The summed E-state index contributed by atoms with van der Waals surface area (Å²) in [6.07, 6.45) is 1.58. The molecule has 0 unspecified atom stereocenters. The van der Waals surface area contributed by atoms with Crippen molar-refractivity contribution in [3.63, 3.8) is 0 Å². The van der Waals surface area contributed by atoms with Gasteiger partial charge in [-0.1, -0.05) is 48.5 Å². The lowest BCUT2D eigenvalue weighted by atomic mass is 10.1. The molecule has 0 aliphatic heterocycles. The summed E-state index contributed by atoms with van der Waals surface area (Å²) in [5.74, 6) is 0.501. The first-order chi connectivity index (χ1) is 12.6. The third-order valence-corrected chi connectivity index (χ3v) is 6.01. The second kappa shape index (κ2) is 6.35. The highest BCUT2D eigenvalue weighted by Crippen LogP contribution is 2.30. The molecule has 0 amide bonds. The Morgan fingerprint density at radius 3 is 2.31 bits per heavy atom. The zero-order chi connectivity index (χ0) is 18.1. The zero-order valence-electron chi connectivity index (χ0n) is 14.2. The molecule has 0 fully saturated rings. The second-order valence-electron chi connectivity index (χ2n) is 5.94. The van der Waals surface area contributed by atoms with Crippen molar-refractivity contribution in [2.45, 2.75) is 4.90 Å². The van der Waals surface area contributed by atoms with E-state index < -0.39 is 10.0 Å². The van der Waals surface area contributed by atoms with E-state index in [-0.39, 0.29) is 4.90 Å². The van der Waals surface area contributed by atoms with Crippen molar-refractivity contribution in [2.24, 2.45) is 0 Å². The molecule has 5 heteroatoms. The van der Waals surface area contributed by atoms with Gasteiger partial charge in [0.25, 0.3) is 10.0 Å². The molecule has 0 aliphatic rings. The van der Waals surface area contributed by atoms with Gasteiger partial charge < -0.3 is 4.74 Å². The Hall–Kier alpha value is -3.05. The molecular weight excluding hydrogens is 346 g/mol. The highest BCUT2D eigenvalue weighted by Gasteiger charge is 2.20. The highest BCUT2D eigenvalue weighted by atomic mass is 32.2. The molecule has 4 aromatic rings. The van der Waals surface area contributed by atoms with Crippen LogP contribution in [0.5, 0.6) is 5.75 Å². The molecule has 0 saturated carbocycles. The number of ether oxygens (including phenoxy) is 1. The summed E-state index contributed by atoms with van der Waals surface area (Å²) >= 11 is 0. The van der Waals surface area contributed by atoms with E-state index in [1.165, 1.54) is 11.1 Å². The van der Waals surface area contributed by atoms with Crippen LogP contribution in [0.1, 0.15) is 0 Å². The molecule has 0 aliphatic carbocycles. The first kappa shape index (κ1) is 16.4. The Morgan fingerprint density at radius 1 is 0.808 bits per heavy atom. The molecule has 4 rings (SSSR count). The molecule has 0 atom stereocenters. The van der Waals surface area contributed by atoms with Crippen LogP contribution in [0.25, 0.3) is 22.0 Å². The van der Waals surface area contributed by atoms with Gasteiger partial charge in [-0.3, -0.25) is 0 Å². The number of benzene rings is 3. The minimum atomic E-state index is -3.75. The summed E-state index contributed by atoms with van der Waals surface area (Å²) in [6.45, 7) is 0. The smallest absolute Gasteiger partial charge is 0.268 e. The maximum absolute atomic E-state index is 13.3. The normalized spacial score (nSPS) is 11.6. The summed E-state index contributed by atoms with van der Waals surface area (Å²) in [7, 11) is -2.22. The molecule has 0 saturated heterocycles. The van der Waals surface area contributed by atoms with Crippen molar-refractivity contribution in [3.8, 4) is 16.9 Å². The van der Waals surface area contributed by atoms with E-state index in [0.717, 1.165) is 16.5 Å². The van der Waals surface area contributed by atoms with Crippen molar-refractivity contribution in [1.82, 2.24) is 3.97 Å². The zero-order valence-corrected chi connectivity index (χ0v) is 15.0. The van der Waals surface area contributed by atoms with Crippen LogP contribution < -0.4 is 4.74 Å². The Kier molecular flexibility index (Phi) is 4.01. The Morgan fingerprint density at radius 2 is 1.54 bits per heavy atom. The number of para-hydroxylation sites is 1. The number of fused-ring (bicyclic) bond motifs is 1. The van der Waals surface area contributed by atoms with E-state index in [2.05, 4.69) is 0 Å². The van der Waals surface area contributed by atoms with E-state index in [4.69, 9.17) is 4.74 Å². The number of aromatic nitrogens is 1. The number of rotatable bonds is 4. The quantitative estimate of drug-likeness (QED) is 0.534. The van der Waals surface area contributed by atoms with E-state index in [0.29, 0.717) is 11.3 Å². The number of nitrogens with zero attached hydrogens (tertiary/aromatic N) is 1. The van der Waals surface area contributed by atoms with Crippen molar-refractivity contribution in [1.29, 1.82) is 0 Å². The average molecular weight is 363 g/mol. The number of methoxy groups -OCH3 is 1. The third-order valence-electron chi connectivity index (χ3n) is 4.34. The van der Waals surface area contributed by atoms with Crippen LogP contribution in [0.3, 0.4) is 0 Å². The van der Waals surface area contributed by atoms with Gasteiger partial charge in [-0.25, -0.2) is 12.4 Å². The van der Waals surface area contributed by atoms with Gasteiger partial charge in [0, 0.05) is 17.6 Å². The number of hydrogen-bond acceptors (Lipinski definition) is 3. The fourth-order valence-corrected chi connectivity index (χ4v) is 4.43. The molecule has 0 spiro atoms. The second-order valence-corrected chi connectivity index (χ2v) is 7.75. The largest absolute Gasteiger partial charge is 0.497 e. The van der Waals surface area contributed by atoms with Crippen LogP contribution >= 0.6 is 0 Å². The van der Waals surface area contributed by atoms with Crippen LogP contribution in [0.2, 0.25) is 0 Å². The fraction of sp³-hybridized carbons (Fsp3) is 0.0476. The Balaban J connectivity index is 1.91. The van der Waals surface area contributed by atoms with Crippen molar-refractivity contribution >= 4 is 20.9 Å². The van der Waals surface area contributed by atoms with Crippen molar-refractivity contribution in [3.05, 3.63) is 85.1 Å². The van der Waals surface area contributed by atoms with Gasteiger partial charge in [0.15, 0.2) is 0 Å². The standard InChI is InChI=1S/C21H17NO3S/c1-25-19-13-18(16-7-3-2-4-8-16)14-20(15-19)26(23,24)22-12-11-17-9-5-6-10-21(17)22/h2-15H,1H3. The first-order valence-electron chi connectivity index (χ1n) is 8.16. The average Bonchev–Trinajstić information content (AvgIpc) is 3.13. The Labute approximate surface area is 152 Å². The lowest BCUT2D eigenvalue weighted by Crippen LogP contribution is -2.12. The van der Waals surface area contributed by atoms with Gasteiger partial charge in [0.05, 0.1) is 17.5 Å². The van der Waals surface area contributed by atoms with Crippen LogP contribution in [0.15, 0.2) is 90.0 Å². The predicted molar refractivity (Wildman–Crippen MR) is 103 cm³/mol.